The van der Waals surface area contributed by atoms with Crippen LogP contribution in [0.3, 0.4) is 0 Å². The summed E-state index contributed by atoms with van der Waals surface area (Å²) in [6, 6.07) is 1.98. The van der Waals surface area contributed by atoms with Crippen molar-refractivity contribution in [3.63, 3.8) is 0 Å². The van der Waals surface area contributed by atoms with E-state index >= 15 is 0 Å². The van der Waals surface area contributed by atoms with Gasteiger partial charge in [0.05, 0.1) is 4.90 Å². The Morgan fingerprint density at radius 1 is 1.17 bits per heavy atom. The summed E-state index contributed by atoms with van der Waals surface area (Å²) in [5.41, 5.74) is 0. The van der Waals surface area contributed by atoms with Gasteiger partial charge in [-0.15, -0.1) is 0 Å². The SMILES string of the molecule is O=S(=O)(NCC(N1CCNCC1)C(F)(F)F)c1ccc(F)cc1. The van der Waals surface area contributed by atoms with E-state index in [2.05, 4.69) is 5.32 Å². The molecule has 10 heteroatoms. The summed E-state index contributed by atoms with van der Waals surface area (Å²) in [6.07, 6.45) is -4.55. The van der Waals surface area contributed by atoms with Gasteiger partial charge in [0.2, 0.25) is 10.0 Å². The molecule has 1 saturated heterocycles. The van der Waals surface area contributed by atoms with Gasteiger partial charge in [0, 0.05) is 32.7 Å². The van der Waals surface area contributed by atoms with Gasteiger partial charge in [-0.2, -0.15) is 13.2 Å². The van der Waals surface area contributed by atoms with E-state index in [0.717, 1.165) is 24.3 Å². The van der Waals surface area contributed by atoms with Gasteiger partial charge in [-0.05, 0) is 24.3 Å². The number of halogens is 4. The molecule has 0 aromatic heterocycles. The first-order chi connectivity index (χ1) is 10.7. The third-order valence-corrected chi connectivity index (χ3v) is 5.00. The van der Waals surface area contributed by atoms with E-state index in [1.54, 1.807) is 0 Å². The fourth-order valence-electron chi connectivity index (χ4n) is 2.33. The van der Waals surface area contributed by atoms with E-state index in [0.29, 0.717) is 13.1 Å². The number of nitrogens with one attached hydrogen (secondary N) is 2. The van der Waals surface area contributed by atoms with Crippen molar-refractivity contribution in [1.29, 1.82) is 0 Å². The minimum absolute atomic E-state index is 0.183. The summed E-state index contributed by atoms with van der Waals surface area (Å²) in [4.78, 5) is 0.920. The maximum Gasteiger partial charge on any atom is 0.405 e. The Morgan fingerprint density at radius 2 is 1.74 bits per heavy atom. The summed E-state index contributed by atoms with van der Waals surface area (Å²) in [5, 5.41) is 2.94. The van der Waals surface area contributed by atoms with Gasteiger partial charge in [0.1, 0.15) is 11.9 Å². The monoisotopic (exact) mass is 355 g/mol. The number of hydrogen-bond donors (Lipinski definition) is 2. The molecule has 0 amide bonds. The highest BCUT2D eigenvalue weighted by Crippen LogP contribution is 2.25. The number of sulfonamides is 1. The smallest absolute Gasteiger partial charge is 0.314 e. The van der Waals surface area contributed by atoms with Gasteiger partial charge in [-0.1, -0.05) is 0 Å². The van der Waals surface area contributed by atoms with Crippen molar-refractivity contribution in [1.82, 2.24) is 14.9 Å². The van der Waals surface area contributed by atoms with Gasteiger partial charge in [0.25, 0.3) is 0 Å². The Hall–Kier alpha value is -1.23. The third-order valence-electron chi connectivity index (χ3n) is 3.56. The zero-order valence-electron chi connectivity index (χ0n) is 12.1. The second kappa shape index (κ2) is 7.12. The molecule has 23 heavy (non-hydrogen) atoms. The molecule has 0 aliphatic carbocycles. The number of rotatable bonds is 5. The molecule has 130 valence electrons. The first-order valence-corrected chi connectivity index (χ1v) is 8.45. The van der Waals surface area contributed by atoms with Crippen molar-refractivity contribution in [2.45, 2.75) is 17.1 Å². The minimum atomic E-state index is -4.55. The molecule has 1 atom stereocenters. The predicted octanol–water partition coefficient (Wildman–Crippen LogP) is 0.940. The normalized spacial score (nSPS) is 18.8. The van der Waals surface area contributed by atoms with Crippen LogP contribution in [-0.4, -0.2) is 58.3 Å². The topological polar surface area (TPSA) is 61.4 Å². The quantitative estimate of drug-likeness (QED) is 0.772. The van der Waals surface area contributed by atoms with E-state index in [1.807, 2.05) is 4.72 Å². The average molecular weight is 355 g/mol. The van der Waals surface area contributed by atoms with Gasteiger partial charge >= 0.3 is 6.18 Å². The zero-order valence-corrected chi connectivity index (χ0v) is 12.9. The fraction of sp³-hybridized carbons (Fsp3) is 0.538. The first kappa shape index (κ1) is 18.1. The van der Waals surface area contributed by atoms with Gasteiger partial charge in [-0.3, -0.25) is 4.90 Å². The summed E-state index contributed by atoms with van der Waals surface area (Å²) in [5.74, 6) is -0.627. The lowest BCUT2D eigenvalue weighted by atomic mass is 10.2. The molecule has 2 N–H and O–H groups in total. The Kier molecular flexibility index (Phi) is 5.61. The van der Waals surface area contributed by atoms with Crippen LogP contribution in [0.15, 0.2) is 29.2 Å². The predicted molar refractivity (Wildman–Crippen MR) is 75.9 cm³/mol. The molecule has 5 nitrogen and oxygen atoms in total. The van der Waals surface area contributed by atoms with Crippen molar-refractivity contribution in [3.8, 4) is 0 Å². The summed E-state index contributed by atoms with van der Waals surface area (Å²) in [7, 11) is -4.13. The number of hydrogen-bond acceptors (Lipinski definition) is 4. The molecular weight excluding hydrogens is 338 g/mol. The molecule has 2 rings (SSSR count). The lowest BCUT2D eigenvalue weighted by Crippen LogP contribution is -2.57. The van der Waals surface area contributed by atoms with Crippen molar-refractivity contribution >= 4 is 10.0 Å². The molecule has 1 unspecified atom stereocenters. The number of alkyl halides is 3. The summed E-state index contributed by atoms with van der Waals surface area (Å²) >= 11 is 0. The molecule has 0 saturated carbocycles. The van der Waals surface area contributed by atoms with Crippen LogP contribution in [0.2, 0.25) is 0 Å². The number of nitrogens with zero attached hydrogens (tertiary/aromatic N) is 1. The highest BCUT2D eigenvalue weighted by Gasteiger charge is 2.44. The zero-order chi connectivity index (χ0) is 17.1. The molecular formula is C13H17F4N3O2S. The van der Waals surface area contributed by atoms with Crippen molar-refractivity contribution in [3.05, 3.63) is 30.1 Å². The Bertz CT molecular complexity index is 613. The molecule has 1 fully saturated rings. The molecule has 0 bridgehead atoms. The van der Waals surface area contributed by atoms with Crippen LogP contribution in [0.5, 0.6) is 0 Å². The lowest BCUT2D eigenvalue weighted by molar-refractivity contribution is -0.182. The molecule has 1 aliphatic heterocycles. The van der Waals surface area contributed by atoms with Gasteiger partial charge in [-0.25, -0.2) is 17.5 Å². The van der Waals surface area contributed by atoms with Crippen molar-refractivity contribution in [2.24, 2.45) is 0 Å². The van der Waals surface area contributed by atoms with Crippen LogP contribution in [0, 0.1) is 5.82 Å². The van der Waals surface area contributed by atoms with E-state index in [4.69, 9.17) is 0 Å². The molecule has 1 heterocycles. The molecule has 0 radical (unpaired) electrons. The Morgan fingerprint density at radius 3 is 2.26 bits per heavy atom. The maximum atomic E-state index is 13.2. The molecule has 1 aliphatic rings. The minimum Gasteiger partial charge on any atom is -0.314 e. The number of piperazine rings is 1. The third kappa shape index (κ3) is 4.87. The van der Waals surface area contributed by atoms with E-state index < -0.39 is 34.6 Å². The first-order valence-electron chi connectivity index (χ1n) is 6.97. The summed E-state index contributed by atoms with van der Waals surface area (Å²) < 4.78 is 78.4. The van der Waals surface area contributed by atoms with Crippen molar-refractivity contribution < 1.29 is 26.0 Å². The Labute approximate surface area is 131 Å². The second-order valence-electron chi connectivity index (χ2n) is 5.15. The second-order valence-corrected chi connectivity index (χ2v) is 6.92. The van der Waals surface area contributed by atoms with Crippen LogP contribution in [-0.2, 0) is 10.0 Å². The highest BCUT2D eigenvalue weighted by molar-refractivity contribution is 7.89. The van der Waals surface area contributed by atoms with Gasteiger partial charge < -0.3 is 5.32 Å². The van der Waals surface area contributed by atoms with Crippen LogP contribution in [0.1, 0.15) is 0 Å². The van der Waals surface area contributed by atoms with E-state index in [9.17, 15) is 26.0 Å². The Balaban J connectivity index is 2.09. The van der Waals surface area contributed by atoms with Crippen molar-refractivity contribution in [2.75, 3.05) is 32.7 Å². The fourth-order valence-corrected chi connectivity index (χ4v) is 3.37. The molecule has 0 spiro atoms. The van der Waals surface area contributed by atoms with Crippen LogP contribution < -0.4 is 10.0 Å². The van der Waals surface area contributed by atoms with Gasteiger partial charge in [0.15, 0.2) is 0 Å². The standard InChI is InChI=1S/C13H17F4N3O2S/c14-10-1-3-11(4-2-10)23(21,22)19-9-12(13(15,16)17)20-7-5-18-6-8-20/h1-4,12,18-19H,5-9H2. The lowest BCUT2D eigenvalue weighted by Gasteiger charge is -2.35. The van der Waals surface area contributed by atoms with Crippen LogP contribution in [0.4, 0.5) is 17.6 Å². The summed E-state index contributed by atoms with van der Waals surface area (Å²) in [6.45, 7) is 0.405. The largest absolute Gasteiger partial charge is 0.405 e. The van der Waals surface area contributed by atoms with Crippen LogP contribution >= 0.6 is 0 Å². The molecule has 1 aromatic rings. The maximum absolute atomic E-state index is 13.2. The molecule has 1 aromatic carbocycles. The van der Waals surface area contributed by atoms with E-state index in [1.165, 1.54) is 4.90 Å². The van der Waals surface area contributed by atoms with E-state index in [-0.39, 0.29) is 18.0 Å². The number of benzene rings is 1. The van der Waals surface area contributed by atoms with Crippen LogP contribution in [0.25, 0.3) is 0 Å². The average Bonchev–Trinajstić information content (AvgIpc) is 2.47. The highest BCUT2D eigenvalue weighted by atomic mass is 32.2.